The Morgan fingerprint density at radius 3 is 2.71 bits per heavy atom. The van der Waals surface area contributed by atoms with Crippen LogP contribution in [0.2, 0.25) is 10.0 Å². The first kappa shape index (κ1) is 18.2. The highest BCUT2D eigenvalue weighted by molar-refractivity contribution is 7.84. The van der Waals surface area contributed by atoms with Gasteiger partial charge in [-0.25, -0.2) is 0 Å². The van der Waals surface area contributed by atoms with Crippen LogP contribution in [0.3, 0.4) is 0 Å². The third kappa shape index (κ3) is 6.65. The van der Waals surface area contributed by atoms with Gasteiger partial charge in [-0.1, -0.05) is 23.2 Å². The molecule has 1 atom stereocenters. The molecule has 118 valence electrons. The molecule has 8 heteroatoms. The molecule has 0 saturated carbocycles. The minimum Gasteiger partial charge on any atom is -0.397 e. The molecule has 0 spiro atoms. The summed E-state index contributed by atoms with van der Waals surface area (Å²) in [6.07, 6.45) is 0.846. The van der Waals surface area contributed by atoms with Crippen LogP contribution in [0.15, 0.2) is 12.1 Å². The van der Waals surface area contributed by atoms with Crippen LogP contribution in [0.25, 0.3) is 0 Å². The first-order valence-electron chi connectivity index (χ1n) is 6.32. The number of nitrogen functional groups attached to an aromatic ring is 1. The molecular formula is C13H18Cl2N2O3S. The van der Waals surface area contributed by atoms with Crippen molar-refractivity contribution in [2.24, 2.45) is 0 Å². The van der Waals surface area contributed by atoms with Crippen LogP contribution < -0.4 is 11.1 Å². The first-order chi connectivity index (χ1) is 9.93. The van der Waals surface area contributed by atoms with Gasteiger partial charge in [0.15, 0.2) is 0 Å². The van der Waals surface area contributed by atoms with Crippen LogP contribution >= 0.6 is 23.2 Å². The lowest BCUT2D eigenvalue weighted by Gasteiger charge is -2.10. The number of carbonyl (C=O) groups is 1. The van der Waals surface area contributed by atoms with E-state index in [9.17, 15) is 9.00 Å². The molecule has 21 heavy (non-hydrogen) atoms. The number of hydrogen-bond acceptors (Lipinski definition) is 4. The molecule has 0 fully saturated rings. The molecule has 0 aliphatic carbocycles. The van der Waals surface area contributed by atoms with Crippen LogP contribution in [0, 0.1) is 0 Å². The Morgan fingerprint density at radius 2 is 2.10 bits per heavy atom. The van der Waals surface area contributed by atoms with Crippen LogP contribution in [-0.2, 0) is 20.3 Å². The van der Waals surface area contributed by atoms with Crippen molar-refractivity contribution in [3.05, 3.63) is 22.2 Å². The molecule has 1 unspecified atom stereocenters. The zero-order valence-corrected chi connectivity index (χ0v) is 14.0. The maximum Gasteiger partial charge on any atom is 0.225 e. The molecule has 0 aliphatic rings. The third-order valence-corrected chi connectivity index (χ3v) is 4.55. The number of benzene rings is 1. The molecule has 0 saturated heterocycles. The fourth-order valence-corrected chi connectivity index (χ4v) is 3.21. The molecule has 1 aromatic carbocycles. The summed E-state index contributed by atoms with van der Waals surface area (Å²) >= 11 is 11.8. The molecule has 3 N–H and O–H groups in total. The van der Waals surface area contributed by atoms with Gasteiger partial charge in [0, 0.05) is 47.5 Å². The summed E-state index contributed by atoms with van der Waals surface area (Å²) in [6.45, 7) is 0.564. The summed E-state index contributed by atoms with van der Waals surface area (Å²) in [5, 5.41) is 3.29. The lowest BCUT2D eigenvalue weighted by Crippen LogP contribution is -2.17. The van der Waals surface area contributed by atoms with E-state index >= 15 is 0 Å². The Balaban J connectivity index is 2.46. The van der Waals surface area contributed by atoms with Crippen LogP contribution in [0.5, 0.6) is 0 Å². The number of methoxy groups -OCH3 is 1. The van der Waals surface area contributed by atoms with Gasteiger partial charge in [-0.3, -0.25) is 9.00 Å². The first-order valence-corrected chi connectivity index (χ1v) is 8.56. The van der Waals surface area contributed by atoms with E-state index in [1.165, 1.54) is 12.1 Å². The summed E-state index contributed by atoms with van der Waals surface area (Å²) in [5.74, 6) is 0.525. The molecule has 5 nitrogen and oxygen atoms in total. The summed E-state index contributed by atoms with van der Waals surface area (Å²) in [7, 11) is 0.553. The number of nitrogens with one attached hydrogen (secondary N) is 1. The molecule has 0 aliphatic heterocycles. The summed E-state index contributed by atoms with van der Waals surface area (Å²) in [5.41, 5.74) is 6.37. The van der Waals surface area contributed by atoms with Gasteiger partial charge in [-0.15, -0.1) is 0 Å². The maximum absolute atomic E-state index is 11.8. The van der Waals surface area contributed by atoms with E-state index < -0.39 is 10.8 Å². The van der Waals surface area contributed by atoms with E-state index in [4.69, 9.17) is 33.7 Å². The van der Waals surface area contributed by atoms with E-state index in [-0.39, 0.29) is 17.4 Å². The topological polar surface area (TPSA) is 81.4 Å². The van der Waals surface area contributed by atoms with E-state index in [0.717, 1.165) is 0 Å². The van der Waals surface area contributed by atoms with Gasteiger partial charge in [-0.2, -0.15) is 0 Å². The second-order valence-electron chi connectivity index (χ2n) is 4.34. The minimum atomic E-state index is -1.04. The smallest absolute Gasteiger partial charge is 0.225 e. The number of halogens is 2. The monoisotopic (exact) mass is 352 g/mol. The number of carbonyl (C=O) groups excluding carboxylic acids is 1. The second kappa shape index (κ2) is 9.25. The average Bonchev–Trinajstić information content (AvgIpc) is 2.41. The van der Waals surface area contributed by atoms with Crippen molar-refractivity contribution in [3.8, 4) is 0 Å². The lowest BCUT2D eigenvalue weighted by atomic mass is 10.2. The van der Waals surface area contributed by atoms with Crippen molar-refractivity contribution >= 4 is 51.3 Å². The van der Waals surface area contributed by atoms with Gasteiger partial charge in [0.1, 0.15) is 0 Å². The number of amides is 1. The Labute approximate surface area is 136 Å². The highest BCUT2D eigenvalue weighted by atomic mass is 35.5. The largest absolute Gasteiger partial charge is 0.397 e. The van der Waals surface area contributed by atoms with E-state index in [0.29, 0.717) is 40.9 Å². The highest BCUT2D eigenvalue weighted by Crippen LogP contribution is 2.32. The maximum atomic E-state index is 11.8. The minimum absolute atomic E-state index is 0.137. The third-order valence-electron chi connectivity index (χ3n) is 2.63. The predicted octanol–water partition coefficient (Wildman–Crippen LogP) is 2.69. The predicted molar refractivity (Wildman–Crippen MR) is 88.5 cm³/mol. The summed E-state index contributed by atoms with van der Waals surface area (Å²) in [4.78, 5) is 11.8. The summed E-state index contributed by atoms with van der Waals surface area (Å²) in [6, 6.07) is 3.00. The second-order valence-corrected chi connectivity index (χ2v) is 6.88. The van der Waals surface area contributed by atoms with E-state index in [1.807, 2.05) is 0 Å². The molecule has 0 radical (unpaired) electrons. The van der Waals surface area contributed by atoms with Gasteiger partial charge in [0.2, 0.25) is 5.91 Å². The molecule has 1 rings (SSSR count). The van der Waals surface area contributed by atoms with Crippen molar-refractivity contribution in [1.82, 2.24) is 0 Å². The quantitative estimate of drug-likeness (QED) is 0.556. The van der Waals surface area contributed by atoms with Crippen LogP contribution in [0.1, 0.15) is 12.8 Å². The number of rotatable bonds is 8. The average molecular weight is 353 g/mol. The van der Waals surface area contributed by atoms with Gasteiger partial charge in [-0.05, 0) is 18.6 Å². The van der Waals surface area contributed by atoms with E-state index in [2.05, 4.69) is 5.32 Å². The van der Waals surface area contributed by atoms with Crippen LogP contribution in [-0.4, -0.2) is 35.3 Å². The Hall–Kier alpha value is -0.820. The normalized spacial score (nSPS) is 12.1. The number of anilines is 2. The highest BCUT2D eigenvalue weighted by Gasteiger charge is 2.11. The van der Waals surface area contributed by atoms with Gasteiger partial charge >= 0.3 is 0 Å². The molecular weight excluding hydrogens is 335 g/mol. The van der Waals surface area contributed by atoms with Crippen molar-refractivity contribution in [1.29, 1.82) is 0 Å². The van der Waals surface area contributed by atoms with Crippen molar-refractivity contribution in [2.45, 2.75) is 12.8 Å². The Kier molecular flexibility index (Phi) is 8.03. The van der Waals surface area contributed by atoms with Crippen molar-refractivity contribution < 1.29 is 13.7 Å². The van der Waals surface area contributed by atoms with Crippen molar-refractivity contribution in [3.63, 3.8) is 0 Å². The Bertz CT molecular complexity index is 503. The zero-order valence-electron chi connectivity index (χ0n) is 11.7. The van der Waals surface area contributed by atoms with Gasteiger partial charge in [0.25, 0.3) is 0 Å². The molecule has 0 heterocycles. The molecule has 0 aromatic heterocycles. The molecule has 1 amide bonds. The SMILES string of the molecule is COCCCS(=O)CCC(=O)Nc1c(N)cc(Cl)cc1Cl. The fraction of sp³-hybridized carbons (Fsp3) is 0.462. The van der Waals surface area contributed by atoms with Crippen LogP contribution in [0.4, 0.5) is 11.4 Å². The van der Waals surface area contributed by atoms with E-state index in [1.54, 1.807) is 7.11 Å². The molecule has 1 aromatic rings. The molecule has 0 bridgehead atoms. The number of nitrogens with two attached hydrogens (primary N) is 1. The standard InChI is InChI=1S/C13H18Cl2N2O3S/c1-20-4-2-5-21(19)6-3-12(18)17-13-10(15)7-9(14)8-11(13)16/h7-8H,2-6,16H2,1H3,(H,17,18). The van der Waals surface area contributed by atoms with Gasteiger partial charge in [0.05, 0.1) is 16.4 Å². The summed E-state index contributed by atoms with van der Waals surface area (Å²) < 4.78 is 16.5. The number of ether oxygens (including phenoxy) is 1. The Morgan fingerprint density at radius 1 is 1.38 bits per heavy atom. The van der Waals surface area contributed by atoms with Crippen molar-refractivity contribution in [2.75, 3.05) is 36.3 Å². The lowest BCUT2D eigenvalue weighted by molar-refractivity contribution is -0.115. The van der Waals surface area contributed by atoms with Gasteiger partial charge < -0.3 is 15.8 Å². The fourth-order valence-electron chi connectivity index (χ4n) is 1.60. The number of hydrogen-bond donors (Lipinski definition) is 2. The zero-order chi connectivity index (χ0) is 15.8.